The number of sulfone groups is 1. The van der Waals surface area contributed by atoms with Crippen molar-refractivity contribution in [2.45, 2.75) is 30.7 Å². The van der Waals surface area contributed by atoms with Crippen LogP contribution < -0.4 is 4.74 Å². The van der Waals surface area contributed by atoms with E-state index in [0.29, 0.717) is 12.3 Å². The second kappa shape index (κ2) is 7.11. The minimum atomic E-state index is -3.40. The second-order valence-corrected chi connectivity index (χ2v) is 8.72. The number of hydrogen-bond donors (Lipinski definition) is 0. The number of benzene rings is 2. The van der Waals surface area contributed by atoms with Crippen LogP contribution in [0.15, 0.2) is 47.4 Å². The van der Waals surface area contributed by atoms with Gasteiger partial charge in [-0.05, 0) is 43.5 Å². The van der Waals surface area contributed by atoms with Crippen molar-refractivity contribution in [1.29, 1.82) is 0 Å². The zero-order chi connectivity index (χ0) is 18.9. The highest BCUT2D eigenvalue weighted by atomic mass is 32.2. The number of carbonyl (C=O) groups is 1. The number of amides is 1. The third-order valence-corrected chi connectivity index (χ3v) is 5.92. The number of ether oxygens (including phenoxy) is 1. The minimum absolute atomic E-state index is 0.00491. The minimum Gasteiger partial charge on any atom is -0.496 e. The van der Waals surface area contributed by atoms with Crippen molar-refractivity contribution in [3.05, 3.63) is 59.2 Å². The number of likely N-dealkylation sites (tertiary alicyclic amines) is 1. The predicted molar refractivity (Wildman–Crippen MR) is 100 cm³/mol. The van der Waals surface area contributed by atoms with Gasteiger partial charge in [0.2, 0.25) is 0 Å². The highest BCUT2D eigenvalue weighted by Gasteiger charge is 2.32. The van der Waals surface area contributed by atoms with Crippen molar-refractivity contribution in [1.82, 2.24) is 4.90 Å². The van der Waals surface area contributed by atoms with Gasteiger partial charge in [0.05, 0.1) is 23.6 Å². The van der Waals surface area contributed by atoms with Gasteiger partial charge in [0, 0.05) is 12.8 Å². The molecule has 0 radical (unpaired) electrons. The van der Waals surface area contributed by atoms with Crippen molar-refractivity contribution in [2.24, 2.45) is 0 Å². The largest absolute Gasteiger partial charge is 0.496 e. The molecule has 0 N–H and O–H groups in total. The maximum absolute atomic E-state index is 13.2. The molecule has 6 heteroatoms. The first-order valence-corrected chi connectivity index (χ1v) is 10.5. The van der Waals surface area contributed by atoms with E-state index in [4.69, 9.17) is 4.74 Å². The summed E-state index contributed by atoms with van der Waals surface area (Å²) in [6.07, 6.45) is 2.94. The van der Waals surface area contributed by atoms with Gasteiger partial charge in [-0.1, -0.05) is 29.8 Å². The molecular formula is C20H23NO4S. The molecule has 138 valence electrons. The van der Waals surface area contributed by atoms with Crippen LogP contribution in [-0.4, -0.2) is 39.1 Å². The molecule has 0 saturated carbocycles. The van der Waals surface area contributed by atoms with Gasteiger partial charge >= 0.3 is 0 Å². The highest BCUT2D eigenvalue weighted by Crippen LogP contribution is 2.35. The van der Waals surface area contributed by atoms with Crippen molar-refractivity contribution in [3.8, 4) is 5.75 Å². The lowest BCUT2D eigenvalue weighted by Gasteiger charge is -2.26. The van der Waals surface area contributed by atoms with Gasteiger partial charge in [-0.2, -0.15) is 0 Å². The molecule has 1 fully saturated rings. The van der Waals surface area contributed by atoms with E-state index in [1.165, 1.54) is 24.8 Å². The average molecular weight is 373 g/mol. The molecule has 0 bridgehead atoms. The molecule has 0 spiro atoms. The normalized spacial score (nSPS) is 17.3. The fourth-order valence-corrected chi connectivity index (χ4v) is 4.03. The zero-order valence-electron chi connectivity index (χ0n) is 15.2. The smallest absolute Gasteiger partial charge is 0.258 e. The monoisotopic (exact) mass is 373 g/mol. The quantitative estimate of drug-likeness (QED) is 0.824. The Morgan fingerprint density at radius 3 is 2.46 bits per heavy atom. The number of methoxy groups -OCH3 is 1. The number of carbonyl (C=O) groups excluding carboxylic acids is 1. The molecule has 1 aliphatic rings. The lowest BCUT2D eigenvalue weighted by atomic mass is 10.0. The summed E-state index contributed by atoms with van der Waals surface area (Å²) in [7, 11) is -1.92. The Kier molecular flexibility index (Phi) is 5.05. The summed E-state index contributed by atoms with van der Waals surface area (Å²) >= 11 is 0. The first-order chi connectivity index (χ1) is 12.3. The van der Waals surface area contributed by atoms with Gasteiger partial charge in [0.25, 0.3) is 5.91 Å². The Balaban J connectivity index is 1.98. The molecule has 2 aromatic carbocycles. The summed E-state index contributed by atoms with van der Waals surface area (Å²) in [6.45, 7) is 2.67. The van der Waals surface area contributed by atoms with Crippen LogP contribution in [0.3, 0.4) is 0 Å². The zero-order valence-corrected chi connectivity index (χ0v) is 16.0. The van der Waals surface area contributed by atoms with Crippen molar-refractivity contribution in [2.75, 3.05) is 19.9 Å². The third kappa shape index (κ3) is 3.60. The molecule has 26 heavy (non-hydrogen) atoms. The van der Waals surface area contributed by atoms with E-state index < -0.39 is 9.84 Å². The van der Waals surface area contributed by atoms with E-state index in [0.717, 1.165) is 24.7 Å². The van der Waals surface area contributed by atoms with E-state index in [1.807, 2.05) is 24.0 Å². The van der Waals surface area contributed by atoms with E-state index in [9.17, 15) is 13.2 Å². The van der Waals surface area contributed by atoms with Gasteiger partial charge in [-0.25, -0.2) is 8.42 Å². The topological polar surface area (TPSA) is 63.7 Å². The number of aryl methyl sites for hydroxylation is 1. The van der Waals surface area contributed by atoms with Gasteiger partial charge in [-0.3, -0.25) is 4.79 Å². The fourth-order valence-electron chi connectivity index (χ4n) is 3.38. The maximum atomic E-state index is 13.2. The molecule has 5 nitrogen and oxygen atoms in total. The molecule has 1 saturated heterocycles. The first kappa shape index (κ1) is 18.5. The number of rotatable bonds is 4. The molecule has 1 amide bonds. The summed E-state index contributed by atoms with van der Waals surface area (Å²) < 4.78 is 29.1. The SMILES string of the molecule is COc1ccc(S(C)(=O)=O)cc1C(=O)N1CCCC1c1ccc(C)cc1. The Hall–Kier alpha value is -2.34. The number of nitrogens with zero attached hydrogens (tertiary/aromatic N) is 1. The molecule has 1 heterocycles. The van der Waals surface area contributed by atoms with E-state index in [1.54, 1.807) is 6.07 Å². The summed E-state index contributed by atoms with van der Waals surface area (Å²) in [5, 5.41) is 0. The lowest BCUT2D eigenvalue weighted by Crippen LogP contribution is -2.31. The average Bonchev–Trinajstić information content (AvgIpc) is 3.10. The van der Waals surface area contributed by atoms with Crippen molar-refractivity contribution in [3.63, 3.8) is 0 Å². The Morgan fingerprint density at radius 1 is 1.15 bits per heavy atom. The van der Waals surface area contributed by atoms with Crippen LogP contribution in [0.1, 0.15) is 40.4 Å². The molecular weight excluding hydrogens is 350 g/mol. The lowest BCUT2D eigenvalue weighted by molar-refractivity contribution is 0.0732. The fraction of sp³-hybridized carbons (Fsp3) is 0.350. The van der Waals surface area contributed by atoms with Crippen molar-refractivity contribution >= 4 is 15.7 Å². The van der Waals surface area contributed by atoms with Crippen LogP contribution in [0.2, 0.25) is 0 Å². The summed E-state index contributed by atoms with van der Waals surface area (Å²) in [5.41, 5.74) is 2.56. The van der Waals surface area contributed by atoms with Crippen LogP contribution in [0.5, 0.6) is 5.75 Å². The molecule has 3 rings (SSSR count). The predicted octanol–water partition coefficient (Wildman–Crippen LogP) is 3.38. The molecule has 1 unspecified atom stereocenters. The molecule has 0 aromatic heterocycles. The van der Waals surface area contributed by atoms with E-state index >= 15 is 0 Å². The summed E-state index contributed by atoms with van der Waals surface area (Å²) in [4.78, 5) is 15.1. The summed E-state index contributed by atoms with van der Waals surface area (Å²) in [6, 6.07) is 12.6. The Labute approximate surface area is 154 Å². The van der Waals surface area contributed by atoms with Crippen LogP contribution in [0.4, 0.5) is 0 Å². The molecule has 1 aliphatic heterocycles. The maximum Gasteiger partial charge on any atom is 0.258 e. The van der Waals surface area contributed by atoms with Crippen LogP contribution in [0.25, 0.3) is 0 Å². The van der Waals surface area contributed by atoms with Crippen LogP contribution >= 0.6 is 0 Å². The Morgan fingerprint density at radius 2 is 1.85 bits per heavy atom. The summed E-state index contributed by atoms with van der Waals surface area (Å²) in [5.74, 6) is 0.187. The van der Waals surface area contributed by atoms with Crippen LogP contribution in [0, 0.1) is 6.92 Å². The molecule has 2 aromatic rings. The number of hydrogen-bond acceptors (Lipinski definition) is 4. The van der Waals surface area contributed by atoms with Gasteiger partial charge < -0.3 is 9.64 Å². The van der Waals surface area contributed by atoms with Gasteiger partial charge in [0.15, 0.2) is 9.84 Å². The Bertz CT molecular complexity index is 919. The van der Waals surface area contributed by atoms with Gasteiger partial charge in [0.1, 0.15) is 5.75 Å². The van der Waals surface area contributed by atoms with Crippen LogP contribution in [-0.2, 0) is 9.84 Å². The van der Waals surface area contributed by atoms with Gasteiger partial charge in [-0.15, -0.1) is 0 Å². The molecule has 1 atom stereocenters. The third-order valence-electron chi connectivity index (χ3n) is 4.81. The highest BCUT2D eigenvalue weighted by molar-refractivity contribution is 7.90. The van der Waals surface area contributed by atoms with E-state index in [2.05, 4.69) is 12.1 Å². The molecule has 0 aliphatic carbocycles. The van der Waals surface area contributed by atoms with Crippen molar-refractivity contribution < 1.29 is 17.9 Å². The second-order valence-electron chi connectivity index (χ2n) is 6.70. The van der Waals surface area contributed by atoms with E-state index in [-0.39, 0.29) is 22.4 Å². The standard InChI is InChI=1S/C20H23NO4S/c1-14-6-8-15(9-7-14)18-5-4-12-21(18)20(22)17-13-16(26(3,23)24)10-11-19(17)25-2/h6-11,13,18H,4-5,12H2,1-3H3. The first-order valence-electron chi connectivity index (χ1n) is 8.57.